The van der Waals surface area contributed by atoms with Crippen LogP contribution in [0.3, 0.4) is 0 Å². The lowest BCUT2D eigenvalue weighted by Gasteiger charge is -2.39. The molecule has 1 heterocycles. The molecule has 0 saturated heterocycles. The molecule has 1 aliphatic heterocycles. The Balaban J connectivity index is 2.55. The molecule has 0 unspecified atom stereocenters. The smallest absolute Gasteiger partial charge is 0.254 e. The van der Waals surface area contributed by atoms with E-state index in [4.69, 9.17) is 5.26 Å². The van der Waals surface area contributed by atoms with Crippen LogP contribution >= 0.6 is 0 Å². The van der Waals surface area contributed by atoms with Gasteiger partial charge in [0.2, 0.25) is 0 Å². The first-order valence-electron chi connectivity index (χ1n) is 5.94. The molecule has 92 valence electrons. The lowest BCUT2D eigenvalue weighted by Crippen LogP contribution is -2.46. The van der Waals surface area contributed by atoms with Crippen molar-refractivity contribution in [2.45, 2.75) is 19.3 Å². The fourth-order valence-electron chi connectivity index (χ4n) is 2.47. The van der Waals surface area contributed by atoms with E-state index >= 15 is 0 Å². The minimum atomic E-state index is -0.140. The van der Waals surface area contributed by atoms with E-state index in [1.807, 2.05) is 6.07 Å². The second-order valence-electron chi connectivity index (χ2n) is 5.23. The summed E-state index contributed by atoms with van der Waals surface area (Å²) in [7, 11) is 0. The third kappa shape index (κ3) is 1.91. The molecule has 0 fully saturated rings. The van der Waals surface area contributed by atoms with Gasteiger partial charge in [-0.05, 0) is 23.8 Å². The summed E-state index contributed by atoms with van der Waals surface area (Å²) < 4.78 is 0. The van der Waals surface area contributed by atoms with E-state index in [0.29, 0.717) is 24.2 Å². The maximum atomic E-state index is 12.3. The van der Waals surface area contributed by atoms with Crippen molar-refractivity contribution < 1.29 is 4.79 Å². The third-order valence-corrected chi connectivity index (χ3v) is 3.33. The molecule has 3 heteroatoms. The first kappa shape index (κ1) is 12.4. The van der Waals surface area contributed by atoms with Gasteiger partial charge in [0.1, 0.15) is 0 Å². The molecule has 0 spiro atoms. The largest absolute Gasteiger partial charge is 0.334 e. The highest BCUT2D eigenvalue weighted by Gasteiger charge is 2.36. The standard InChI is InChI=1S/C15H16N2O/c1-4-7-17-10-15(2,3)13-8-11(9-16)5-6-12(13)14(17)18/h4-6,8H,1,7,10H2,2-3H3. The van der Waals surface area contributed by atoms with Crippen molar-refractivity contribution in [1.82, 2.24) is 4.90 Å². The van der Waals surface area contributed by atoms with E-state index in [1.54, 1.807) is 23.1 Å². The van der Waals surface area contributed by atoms with Crippen molar-refractivity contribution >= 4 is 5.91 Å². The van der Waals surface area contributed by atoms with E-state index in [0.717, 1.165) is 5.56 Å². The Labute approximate surface area is 107 Å². The van der Waals surface area contributed by atoms with Gasteiger partial charge in [-0.3, -0.25) is 4.79 Å². The van der Waals surface area contributed by atoms with E-state index in [1.165, 1.54) is 0 Å². The predicted octanol–water partition coefficient (Wildman–Crippen LogP) is 2.48. The number of nitrogens with zero attached hydrogens (tertiary/aromatic N) is 2. The maximum absolute atomic E-state index is 12.3. The van der Waals surface area contributed by atoms with Crippen LogP contribution in [0.15, 0.2) is 30.9 Å². The molecule has 0 saturated carbocycles. The Morgan fingerprint density at radius 3 is 2.89 bits per heavy atom. The SMILES string of the molecule is C=CCN1CC(C)(C)c2cc(C#N)ccc2C1=O. The number of hydrogen-bond acceptors (Lipinski definition) is 2. The first-order chi connectivity index (χ1) is 8.49. The van der Waals surface area contributed by atoms with Gasteiger partial charge in [0.25, 0.3) is 5.91 Å². The van der Waals surface area contributed by atoms with Crippen molar-refractivity contribution in [1.29, 1.82) is 5.26 Å². The number of carbonyl (C=O) groups excluding carboxylic acids is 1. The Morgan fingerprint density at radius 2 is 2.28 bits per heavy atom. The highest BCUT2D eigenvalue weighted by atomic mass is 16.2. The highest BCUT2D eigenvalue weighted by Crippen LogP contribution is 2.33. The quantitative estimate of drug-likeness (QED) is 0.745. The zero-order valence-electron chi connectivity index (χ0n) is 10.7. The molecule has 0 atom stereocenters. The van der Waals surface area contributed by atoms with Gasteiger partial charge < -0.3 is 4.90 Å². The molecule has 1 aromatic carbocycles. The summed E-state index contributed by atoms with van der Waals surface area (Å²) >= 11 is 0. The van der Waals surface area contributed by atoms with Gasteiger partial charge in [-0.25, -0.2) is 0 Å². The van der Waals surface area contributed by atoms with Crippen LogP contribution in [-0.4, -0.2) is 23.9 Å². The van der Waals surface area contributed by atoms with Crippen molar-refractivity contribution in [3.63, 3.8) is 0 Å². The van der Waals surface area contributed by atoms with Gasteiger partial charge in [0.15, 0.2) is 0 Å². The number of fused-ring (bicyclic) bond motifs is 1. The normalized spacial score (nSPS) is 16.9. The molecule has 1 aliphatic rings. The number of hydrogen-bond donors (Lipinski definition) is 0. The van der Waals surface area contributed by atoms with Crippen LogP contribution in [0.4, 0.5) is 0 Å². The third-order valence-electron chi connectivity index (χ3n) is 3.33. The van der Waals surface area contributed by atoms with Crippen molar-refractivity contribution in [3.05, 3.63) is 47.5 Å². The molecule has 0 aliphatic carbocycles. The number of nitriles is 1. The fourth-order valence-corrected chi connectivity index (χ4v) is 2.47. The highest BCUT2D eigenvalue weighted by molar-refractivity contribution is 5.97. The maximum Gasteiger partial charge on any atom is 0.254 e. The molecule has 2 rings (SSSR count). The van der Waals surface area contributed by atoms with E-state index in [9.17, 15) is 4.79 Å². The van der Waals surface area contributed by atoms with Crippen molar-refractivity contribution in [2.24, 2.45) is 0 Å². The van der Waals surface area contributed by atoms with E-state index in [2.05, 4.69) is 26.5 Å². The number of rotatable bonds is 2. The molecule has 1 amide bonds. The van der Waals surface area contributed by atoms with Gasteiger partial charge in [-0.15, -0.1) is 6.58 Å². The Kier molecular flexibility index (Phi) is 2.96. The van der Waals surface area contributed by atoms with Crippen LogP contribution in [0.2, 0.25) is 0 Å². The van der Waals surface area contributed by atoms with Crippen molar-refractivity contribution in [3.8, 4) is 6.07 Å². The summed E-state index contributed by atoms with van der Waals surface area (Å²) in [6.45, 7) is 9.08. The molecule has 3 nitrogen and oxygen atoms in total. The summed E-state index contributed by atoms with van der Waals surface area (Å²) in [5.41, 5.74) is 2.13. The van der Waals surface area contributed by atoms with Crippen LogP contribution in [0.1, 0.15) is 35.3 Å². The minimum Gasteiger partial charge on any atom is -0.334 e. The average molecular weight is 240 g/mol. The molecular weight excluding hydrogens is 224 g/mol. The lowest BCUT2D eigenvalue weighted by atomic mass is 9.77. The molecule has 1 aromatic rings. The topological polar surface area (TPSA) is 44.1 Å². The number of carbonyl (C=O) groups is 1. The zero-order valence-corrected chi connectivity index (χ0v) is 10.7. The van der Waals surface area contributed by atoms with Gasteiger partial charge in [0.05, 0.1) is 11.6 Å². The second kappa shape index (κ2) is 4.30. The van der Waals surface area contributed by atoms with Crippen LogP contribution in [0, 0.1) is 11.3 Å². The van der Waals surface area contributed by atoms with Gasteiger partial charge in [0, 0.05) is 24.1 Å². The summed E-state index contributed by atoms with van der Waals surface area (Å²) in [5, 5.41) is 8.95. The van der Waals surface area contributed by atoms with Crippen molar-refractivity contribution in [2.75, 3.05) is 13.1 Å². The van der Waals surface area contributed by atoms with Gasteiger partial charge in [-0.2, -0.15) is 5.26 Å². The second-order valence-corrected chi connectivity index (χ2v) is 5.23. The minimum absolute atomic E-state index is 0.0220. The molecule has 0 aromatic heterocycles. The van der Waals surface area contributed by atoms with E-state index in [-0.39, 0.29) is 11.3 Å². The van der Waals surface area contributed by atoms with Crippen LogP contribution < -0.4 is 0 Å². The van der Waals surface area contributed by atoms with Crippen LogP contribution in [0.25, 0.3) is 0 Å². The van der Waals surface area contributed by atoms with Gasteiger partial charge in [-0.1, -0.05) is 19.9 Å². The lowest BCUT2D eigenvalue weighted by molar-refractivity contribution is 0.0711. The monoisotopic (exact) mass is 240 g/mol. The van der Waals surface area contributed by atoms with E-state index < -0.39 is 0 Å². The molecule has 18 heavy (non-hydrogen) atoms. The van der Waals surface area contributed by atoms with Crippen LogP contribution in [0.5, 0.6) is 0 Å². The molecule has 0 N–H and O–H groups in total. The summed E-state index contributed by atoms with van der Waals surface area (Å²) in [6, 6.07) is 7.41. The number of amides is 1. The number of benzene rings is 1. The predicted molar refractivity (Wildman–Crippen MR) is 70.3 cm³/mol. The first-order valence-corrected chi connectivity index (χ1v) is 5.94. The zero-order chi connectivity index (χ0) is 13.3. The Morgan fingerprint density at radius 1 is 1.56 bits per heavy atom. The fraction of sp³-hybridized carbons (Fsp3) is 0.333. The van der Waals surface area contributed by atoms with Gasteiger partial charge >= 0.3 is 0 Å². The summed E-state index contributed by atoms with van der Waals surface area (Å²) in [6.07, 6.45) is 1.74. The Bertz CT molecular complexity index is 552. The summed E-state index contributed by atoms with van der Waals surface area (Å²) in [4.78, 5) is 14.1. The Hall–Kier alpha value is -2.08. The molecule has 0 radical (unpaired) electrons. The van der Waals surface area contributed by atoms with Crippen LogP contribution in [-0.2, 0) is 5.41 Å². The summed E-state index contributed by atoms with van der Waals surface area (Å²) in [5.74, 6) is 0.0220. The molecular formula is C15H16N2O. The average Bonchev–Trinajstić information content (AvgIpc) is 2.35. The molecule has 0 bridgehead atoms.